The Morgan fingerprint density at radius 1 is 1.28 bits per heavy atom. The minimum Gasteiger partial charge on any atom is -0.490 e. The van der Waals surface area contributed by atoms with Crippen LogP contribution in [0.15, 0.2) is 30.3 Å². The van der Waals surface area contributed by atoms with Gasteiger partial charge in [0, 0.05) is 0 Å². The highest BCUT2D eigenvalue weighted by Gasteiger charge is 2.20. The monoisotopic (exact) mass is 247 g/mol. The van der Waals surface area contributed by atoms with Crippen molar-refractivity contribution < 1.29 is 19.7 Å². The van der Waals surface area contributed by atoms with E-state index >= 15 is 0 Å². The largest absolute Gasteiger partial charge is 0.490 e. The lowest BCUT2D eigenvalue weighted by atomic mass is 9.79. The van der Waals surface area contributed by atoms with Gasteiger partial charge in [0.25, 0.3) is 0 Å². The Kier molecular flexibility index (Phi) is 3.18. The van der Waals surface area contributed by atoms with Crippen molar-refractivity contribution in [1.82, 2.24) is 0 Å². The van der Waals surface area contributed by atoms with Crippen molar-refractivity contribution in [1.29, 1.82) is 0 Å². The summed E-state index contributed by atoms with van der Waals surface area (Å²) in [6, 6.07) is 7.51. The summed E-state index contributed by atoms with van der Waals surface area (Å²) in [5.74, 6) is 0.171. The van der Waals surface area contributed by atoms with Gasteiger partial charge in [-0.2, -0.15) is 0 Å². The number of ether oxygens (including phenoxy) is 1. The Hall–Kier alpha value is -2.12. The molecule has 0 amide bonds. The normalized spacial score (nSPS) is 10.4. The fourth-order valence-electron chi connectivity index (χ4n) is 1.83. The number of hydrogen-bond acceptors (Lipinski definition) is 5. The molecule has 0 heterocycles. The molecule has 0 atom stereocenters. The van der Waals surface area contributed by atoms with E-state index in [1.807, 2.05) is 0 Å². The van der Waals surface area contributed by atoms with Gasteiger partial charge in [0.15, 0.2) is 5.75 Å². The van der Waals surface area contributed by atoms with Crippen LogP contribution in [0, 0.1) is 10.1 Å². The lowest BCUT2D eigenvalue weighted by Gasteiger charge is -2.06. The molecule has 0 saturated carbocycles. The summed E-state index contributed by atoms with van der Waals surface area (Å²) in [4.78, 5) is 10.5. The molecule has 0 aliphatic heterocycles. The van der Waals surface area contributed by atoms with Crippen molar-refractivity contribution in [2.45, 2.75) is 0 Å². The summed E-state index contributed by atoms with van der Waals surface area (Å²) in [5.41, 5.74) is 0.149. The summed E-state index contributed by atoms with van der Waals surface area (Å²) in [6.45, 7) is 0. The maximum atomic E-state index is 11.0. The van der Waals surface area contributed by atoms with Crippen LogP contribution in [0.25, 0.3) is 10.8 Å². The van der Waals surface area contributed by atoms with Gasteiger partial charge in [-0.3, -0.25) is 10.1 Å². The molecule has 0 radical (unpaired) electrons. The number of hydrogen-bond donors (Lipinski definition) is 2. The van der Waals surface area contributed by atoms with Gasteiger partial charge in [0.2, 0.25) is 0 Å². The molecular formula is C11H10BNO5. The standard InChI is InChI=1S/C11H10BNO5/c1-18-10-5-2-7-6-8(12(14)15)3-4-9(7)11(10)13(16)17/h2-6,14-15H,1H3. The zero-order valence-electron chi connectivity index (χ0n) is 9.53. The number of nitrogens with zero attached hydrogens (tertiary/aromatic N) is 1. The molecule has 2 N–H and O–H groups in total. The summed E-state index contributed by atoms with van der Waals surface area (Å²) in [6.07, 6.45) is 0. The van der Waals surface area contributed by atoms with E-state index in [9.17, 15) is 10.1 Å². The van der Waals surface area contributed by atoms with Gasteiger partial charge < -0.3 is 14.8 Å². The summed E-state index contributed by atoms with van der Waals surface area (Å²) < 4.78 is 4.95. The first-order valence-electron chi connectivity index (χ1n) is 5.15. The Bertz CT molecular complexity index is 614. The number of methoxy groups -OCH3 is 1. The molecule has 0 bridgehead atoms. The lowest BCUT2D eigenvalue weighted by Crippen LogP contribution is -2.29. The van der Waals surface area contributed by atoms with Crippen molar-refractivity contribution in [2.75, 3.05) is 7.11 Å². The van der Waals surface area contributed by atoms with Crippen LogP contribution in [0.1, 0.15) is 0 Å². The van der Waals surface area contributed by atoms with Gasteiger partial charge in [-0.25, -0.2) is 0 Å². The minimum absolute atomic E-state index is 0.131. The van der Waals surface area contributed by atoms with Crippen LogP contribution < -0.4 is 10.2 Å². The smallest absolute Gasteiger partial charge is 0.488 e. The van der Waals surface area contributed by atoms with E-state index < -0.39 is 12.0 Å². The maximum absolute atomic E-state index is 11.0. The van der Waals surface area contributed by atoms with Crippen molar-refractivity contribution in [3.63, 3.8) is 0 Å². The lowest BCUT2D eigenvalue weighted by molar-refractivity contribution is -0.383. The van der Waals surface area contributed by atoms with Crippen LogP contribution in [-0.4, -0.2) is 29.2 Å². The maximum Gasteiger partial charge on any atom is 0.488 e. The van der Waals surface area contributed by atoms with Crippen molar-refractivity contribution in [3.8, 4) is 5.75 Å². The molecule has 2 aromatic carbocycles. The van der Waals surface area contributed by atoms with Crippen LogP contribution in [0.2, 0.25) is 0 Å². The van der Waals surface area contributed by atoms with E-state index in [1.54, 1.807) is 6.07 Å². The molecule has 0 aromatic heterocycles. The summed E-state index contributed by atoms with van der Waals surface area (Å²) in [7, 11) is -0.240. The molecule has 0 spiro atoms. The van der Waals surface area contributed by atoms with Gasteiger partial charge in [-0.1, -0.05) is 18.2 Å². The predicted octanol–water partition coefficient (Wildman–Crippen LogP) is 0.436. The molecule has 18 heavy (non-hydrogen) atoms. The minimum atomic E-state index is -1.60. The topological polar surface area (TPSA) is 92.8 Å². The number of nitro groups is 1. The molecule has 0 saturated heterocycles. The second kappa shape index (κ2) is 4.63. The van der Waals surface area contributed by atoms with E-state index in [-0.39, 0.29) is 16.9 Å². The van der Waals surface area contributed by atoms with E-state index in [0.29, 0.717) is 10.8 Å². The van der Waals surface area contributed by atoms with Gasteiger partial charge in [-0.05, 0) is 23.0 Å². The summed E-state index contributed by atoms with van der Waals surface area (Å²) >= 11 is 0. The Balaban J connectivity index is 2.74. The van der Waals surface area contributed by atoms with Crippen LogP contribution in [0.4, 0.5) is 5.69 Å². The quantitative estimate of drug-likeness (QED) is 0.466. The predicted molar refractivity (Wildman–Crippen MR) is 67.0 cm³/mol. The number of benzene rings is 2. The Morgan fingerprint density at radius 3 is 2.56 bits per heavy atom. The fourth-order valence-corrected chi connectivity index (χ4v) is 1.83. The SMILES string of the molecule is COc1ccc2cc(B(O)O)ccc2c1[N+](=O)[O-]. The molecule has 0 fully saturated rings. The third-order valence-corrected chi connectivity index (χ3v) is 2.68. The molecule has 2 aromatic rings. The van der Waals surface area contributed by atoms with Crippen LogP contribution >= 0.6 is 0 Å². The van der Waals surface area contributed by atoms with Crippen molar-refractivity contribution in [2.24, 2.45) is 0 Å². The molecule has 7 heteroatoms. The van der Waals surface area contributed by atoms with E-state index in [1.165, 1.54) is 31.4 Å². The second-order valence-electron chi connectivity index (χ2n) is 3.73. The van der Waals surface area contributed by atoms with E-state index in [4.69, 9.17) is 14.8 Å². The fraction of sp³-hybridized carbons (Fsp3) is 0.0909. The van der Waals surface area contributed by atoms with E-state index in [0.717, 1.165) is 0 Å². The van der Waals surface area contributed by atoms with Gasteiger partial charge in [0.1, 0.15) is 0 Å². The first-order chi connectivity index (χ1) is 8.54. The average molecular weight is 247 g/mol. The zero-order chi connectivity index (χ0) is 13.3. The number of nitro benzene ring substituents is 1. The van der Waals surface area contributed by atoms with Crippen LogP contribution in [-0.2, 0) is 0 Å². The second-order valence-corrected chi connectivity index (χ2v) is 3.73. The first kappa shape index (κ1) is 12.3. The molecule has 92 valence electrons. The van der Waals surface area contributed by atoms with Crippen molar-refractivity contribution in [3.05, 3.63) is 40.4 Å². The van der Waals surface area contributed by atoms with Crippen molar-refractivity contribution >= 4 is 29.0 Å². The molecule has 0 aliphatic rings. The highest BCUT2D eigenvalue weighted by Crippen LogP contribution is 2.34. The summed E-state index contributed by atoms with van der Waals surface area (Å²) in [5, 5.41) is 30.1. The average Bonchev–Trinajstić information content (AvgIpc) is 2.36. The van der Waals surface area contributed by atoms with Gasteiger partial charge in [0.05, 0.1) is 17.4 Å². The zero-order valence-corrected chi connectivity index (χ0v) is 9.53. The van der Waals surface area contributed by atoms with Gasteiger partial charge >= 0.3 is 12.8 Å². The molecule has 6 nitrogen and oxygen atoms in total. The third-order valence-electron chi connectivity index (χ3n) is 2.68. The van der Waals surface area contributed by atoms with Crippen LogP contribution in [0.3, 0.4) is 0 Å². The Labute approximate surface area is 103 Å². The van der Waals surface area contributed by atoms with E-state index in [2.05, 4.69) is 0 Å². The molecule has 0 unspecified atom stereocenters. The number of rotatable bonds is 3. The Morgan fingerprint density at radius 2 is 2.00 bits per heavy atom. The number of fused-ring (bicyclic) bond motifs is 1. The first-order valence-corrected chi connectivity index (χ1v) is 5.15. The third kappa shape index (κ3) is 2.01. The molecule has 2 rings (SSSR count). The molecular weight excluding hydrogens is 237 g/mol. The van der Waals surface area contributed by atoms with Gasteiger partial charge in [-0.15, -0.1) is 0 Å². The highest BCUT2D eigenvalue weighted by atomic mass is 16.6. The molecule has 0 aliphatic carbocycles. The highest BCUT2D eigenvalue weighted by molar-refractivity contribution is 6.58. The van der Waals surface area contributed by atoms with Crippen LogP contribution in [0.5, 0.6) is 5.75 Å².